The molecule has 1 saturated heterocycles. The molecule has 170 valence electrons. The lowest BCUT2D eigenvalue weighted by Gasteiger charge is -2.43. The minimum absolute atomic E-state index is 0.278. The average Bonchev–Trinajstić information content (AvgIpc) is 3.35. The van der Waals surface area contributed by atoms with Crippen molar-refractivity contribution in [3.8, 4) is 5.75 Å². The molecule has 8 heteroatoms. The van der Waals surface area contributed by atoms with Crippen LogP contribution in [0.25, 0.3) is 11.0 Å². The maximum atomic E-state index is 13.0. The normalized spacial score (nSPS) is 28.4. The molecule has 2 aliphatic rings. The van der Waals surface area contributed by atoms with Crippen molar-refractivity contribution in [3.05, 3.63) is 51.9 Å². The van der Waals surface area contributed by atoms with E-state index in [2.05, 4.69) is 0 Å². The number of hydrogen-bond donors (Lipinski definition) is 0. The molecule has 1 fully saturated rings. The van der Waals surface area contributed by atoms with Crippen LogP contribution >= 0.6 is 0 Å². The SMILES string of the molecule is C/C=C(/C)C(=O)O[C@@H]1[C@H](OC(=O)[C@@]2(C)O[C@H]2C)c2cc3ccc(=O)oc3cc2OC1(C)C. The third kappa shape index (κ3) is 3.68. The van der Waals surface area contributed by atoms with Gasteiger partial charge in [0, 0.05) is 28.7 Å². The molecule has 1 aromatic heterocycles. The third-order valence-electron chi connectivity index (χ3n) is 6.16. The molecule has 0 aliphatic carbocycles. The van der Waals surface area contributed by atoms with Crippen LogP contribution < -0.4 is 10.4 Å². The first-order valence-corrected chi connectivity index (χ1v) is 10.5. The number of rotatable bonds is 4. The number of carbonyl (C=O) groups excluding carboxylic acids is 2. The van der Waals surface area contributed by atoms with Gasteiger partial charge in [-0.3, -0.25) is 0 Å². The van der Waals surface area contributed by atoms with Crippen molar-refractivity contribution >= 4 is 22.9 Å². The van der Waals surface area contributed by atoms with Crippen LogP contribution in [-0.4, -0.2) is 35.3 Å². The fourth-order valence-corrected chi connectivity index (χ4v) is 3.73. The second kappa shape index (κ2) is 7.48. The van der Waals surface area contributed by atoms with Gasteiger partial charge >= 0.3 is 17.6 Å². The fraction of sp³-hybridized carbons (Fsp3) is 0.458. The van der Waals surface area contributed by atoms with Crippen LogP contribution in [0.1, 0.15) is 53.2 Å². The van der Waals surface area contributed by atoms with Gasteiger partial charge in [0.1, 0.15) is 16.9 Å². The number of epoxide rings is 1. The van der Waals surface area contributed by atoms with E-state index in [1.807, 2.05) is 0 Å². The number of hydrogen-bond acceptors (Lipinski definition) is 8. The molecule has 0 spiro atoms. The van der Waals surface area contributed by atoms with E-state index in [1.54, 1.807) is 65.8 Å². The van der Waals surface area contributed by atoms with Gasteiger partial charge < -0.3 is 23.4 Å². The molecular weight excluding hydrogens is 416 g/mol. The minimum Gasteiger partial charge on any atom is -0.483 e. The van der Waals surface area contributed by atoms with Crippen LogP contribution in [0.4, 0.5) is 0 Å². The summed E-state index contributed by atoms with van der Waals surface area (Å²) in [5.41, 5.74) is -1.34. The summed E-state index contributed by atoms with van der Waals surface area (Å²) in [4.78, 5) is 37.2. The lowest BCUT2D eigenvalue weighted by Crippen LogP contribution is -2.52. The summed E-state index contributed by atoms with van der Waals surface area (Å²) in [5, 5.41) is 0.615. The molecule has 0 amide bonds. The van der Waals surface area contributed by atoms with E-state index in [-0.39, 0.29) is 6.10 Å². The maximum Gasteiger partial charge on any atom is 0.341 e. The van der Waals surface area contributed by atoms with E-state index < -0.39 is 41.0 Å². The summed E-state index contributed by atoms with van der Waals surface area (Å²) in [6.45, 7) is 10.3. The summed E-state index contributed by atoms with van der Waals surface area (Å²) >= 11 is 0. The third-order valence-corrected chi connectivity index (χ3v) is 6.16. The van der Waals surface area contributed by atoms with Gasteiger partial charge in [0.05, 0.1) is 6.10 Å². The van der Waals surface area contributed by atoms with Gasteiger partial charge in [-0.15, -0.1) is 0 Å². The molecule has 2 aromatic rings. The number of benzene rings is 1. The highest BCUT2D eigenvalue weighted by molar-refractivity contribution is 5.88. The molecule has 3 heterocycles. The van der Waals surface area contributed by atoms with E-state index >= 15 is 0 Å². The van der Waals surface area contributed by atoms with Crippen LogP contribution in [0.5, 0.6) is 5.75 Å². The van der Waals surface area contributed by atoms with E-state index in [1.165, 1.54) is 6.07 Å². The van der Waals surface area contributed by atoms with Crippen molar-refractivity contribution in [2.24, 2.45) is 0 Å². The Morgan fingerprint density at radius 3 is 2.44 bits per heavy atom. The van der Waals surface area contributed by atoms with E-state index in [0.717, 1.165) is 0 Å². The predicted octanol–water partition coefficient (Wildman–Crippen LogP) is 3.60. The Bertz CT molecular complexity index is 1190. The number of carbonyl (C=O) groups is 2. The number of ether oxygens (including phenoxy) is 4. The molecule has 0 N–H and O–H groups in total. The second-order valence-corrected chi connectivity index (χ2v) is 8.88. The number of fused-ring (bicyclic) bond motifs is 2. The number of esters is 2. The second-order valence-electron chi connectivity index (χ2n) is 8.88. The number of allylic oxidation sites excluding steroid dienone is 1. The largest absolute Gasteiger partial charge is 0.483 e. The van der Waals surface area contributed by atoms with Gasteiger partial charge in [0.25, 0.3) is 0 Å². The van der Waals surface area contributed by atoms with Crippen molar-refractivity contribution in [2.75, 3.05) is 0 Å². The van der Waals surface area contributed by atoms with Gasteiger partial charge in [-0.1, -0.05) is 6.08 Å². The zero-order chi connectivity index (χ0) is 23.4. The molecule has 0 radical (unpaired) electrons. The summed E-state index contributed by atoms with van der Waals surface area (Å²) in [6.07, 6.45) is -0.532. The van der Waals surface area contributed by atoms with Gasteiger partial charge in [0.15, 0.2) is 17.8 Å². The highest BCUT2D eigenvalue weighted by Crippen LogP contribution is 2.47. The van der Waals surface area contributed by atoms with Gasteiger partial charge in [-0.25, -0.2) is 14.4 Å². The van der Waals surface area contributed by atoms with Crippen molar-refractivity contribution in [2.45, 2.75) is 71.1 Å². The molecular formula is C24H26O8. The van der Waals surface area contributed by atoms with E-state index in [4.69, 9.17) is 23.4 Å². The van der Waals surface area contributed by atoms with Gasteiger partial charge in [0.2, 0.25) is 0 Å². The smallest absolute Gasteiger partial charge is 0.341 e. The highest BCUT2D eigenvalue weighted by atomic mass is 16.7. The van der Waals surface area contributed by atoms with Crippen molar-refractivity contribution in [1.82, 2.24) is 0 Å². The van der Waals surface area contributed by atoms with Crippen LogP contribution in [0.3, 0.4) is 0 Å². The molecule has 2 aliphatic heterocycles. The summed E-state index contributed by atoms with van der Waals surface area (Å²) in [5.74, 6) is -0.713. The summed E-state index contributed by atoms with van der Waals surface area (Å²) in [6, 6.07) is 6.21. The van der Waals surface area contributed by atoms with E-state index in [0.29, 0.717) is 27.9 Å². The molecule has 0 bridgehead atoms. The van der Waals surface area contributed by atoms with Crippen LogP contribution in [-0.2, 0) is 23.8 Å². The Kier molecular flexibility index (Phi) is 5.16. The summed E-state index contributed by atoms with van der Waals surface area (Å²) < 4.78 is 28.6. The maximum absolute atomic E-state index is 13.0. The topological polar surface area (TPSA) is 105 Å². The molecule has 8 nitrogen and oxygen atoms in total. The van der Waals surface area contributed by atoms with Gasteiger partial charge in [-0.2, -0.15) is 0 Å². The Morgan fingerprint density at radius 1 is 1.12 bits per heavy atom. The monoisotopic (exact) mass is 442 g/mol. The summed E-state index contributed by atoms with van der Waals surface area (Å²) in [7, 11) is 0. The lowest BCUT2D eigenvalue weighted by molar-refractivity contribution is -0.190. The van der Waals surface area contributed by atoms with Crippen molar-refractivity contribution in [1.29, 1.82) is 0 Å². The standard InChI is InChI=1S/C24H26O8/c1-7-12(2)21(26)30-20-19(29-22(27)24(6)13(3)31-24)15-10-14-8-9-18(25)28-16(14)11-17(15)32-23(20,4)5/h7-11,13,19-20H,1-6H3/b12-7-/t13-,19+,20+,24-/m0/s1. The molecule has 4 rings (SSSR count). The Hall–Kier alpha value is -3.13. The molecule has 32 heavy (non-hydrogen) atoms. The minimum atomic E-state index is -1.06. The van der Waals surface area contributed by atoms with Crippen LogP contribution in [0, 0.1) is 0 Å². The lowest BCUT2D eigenvalue weighted by atomic mass is 9.87. The quantitative estimate of drug-likeness (QED) is 0.306. The molecule has 0 saturated carbocycles. The zero-order valence-electron chi connectivity index (χ0n) is 18.9. The Morgan fingerprint density at radius 2 is 1.81 bits per heavy atom. The first-order chi connectivity index (χ1) is 15.0. The predicted molar refractivity (Wildman–Crippen MR) is 114 cm³/mol. The van der Waals surface area contributed by atoms with Crippen molar-refractivity contribution < 1.29 is 33.0 Å². The van der Waals surface area contributed by atoms with E-state index in [9.17, 15) is 14.4 Å². The Balaban J connectivity index is 1.82. The molecule has 4 atom stereocenters. The van der Waals surface area contributed by atoms with Crippen LogP contribution in [0.2, 0.25) is 0 Å². The van der Waals surface area contributed by atoms with Crippen LogP contribution in [0.15, 0.2) is 45.1 Å². The average molecular weight is 442 g/mol. The highest BCUT2D eigenvalue weighted by Gasteiger charge is 2.59. The first kappa shape index (κ1) is 22.1. The molecule has 0 unspecified atom stereocenters. The fourth-order valence-electron chi connectivity index (χ4n) is 3.73. The molecule has 1 aromatic carbocycles. The zero-order valence-corrected chi connectivity index (χ0v) is 18.9. The van der Waals surface area contributed by atoms with Gasteiger partial charge in [-0.05, 0) is 53.7 Å². The first-order valence-electron chi connectivity index (χ1n) is 10.5. The Labute approximate surface area is 185 Å². The van der Waals surface area contributed by atoms with Crippen molar-refractivity contribution in [3.63, 3.8) is 0 Å².